The number of hydrogen-bond donors (Lipinski definition) is 1. The van der Waals surface area contributed by atoms with E-state index >= 15 is 0 Å². The Kier molecular flexibility index (Phi) is 2.88. The molecule has 0 radical (unpaired) electrons. The van der Waals surface area contributed by atoms with Crippen molar-refractivity contribution in [3.05, 3.63) is 48.3 Å². The first-order valence-corrected chi connectivity index (χ1v) is 5.79. The number of aromatic nitrogens is 1. The van der Waals surface area contributed by atoms with E-state index in [1.165, 1.54) is 5.56 Å². The first-order chi connectivity index (χ1) is 7.98. The lowest BCUT2D eigenvalue weighted by molar-refractivity contribution is 0.590. The van der Waals surface area contributed by atoms with Gasteiger partial charge in [0.2, 0.25) is 0 Å². The molecule has 2 nitrogen and oxygen atoms in total. The largest absolute Gasteiger partial charge is 0.398 e. The van der Waals surface area contributed by atoms with Crippen LogP contribution in [0, 0.1) is 0 Å². The number of benzene rings is 1. The van der Waals surface area contributed by atoms with E-state index in [0.29, 0.717) is 0 Å². The van der Waals surface area contributed by atoms with Crippen LogP contribution in [0.25, 0.3) is 11.1 Å². The lowest BCUT2D eigenvalue weighted by Gasteiger charge is -2.19. The molecule has 0 bridgehead atoms. The molecule has 0 spiro atoms. The minimum atomic E-state index is 0.180. The standard InChI is InChI=1S/C15H18N2/c1-15(2,3)12-6-4-11(5-7-12)13-10-17-9-8-14(13)16/h4-10H,1-3H3,(H2,16,17). The van der Waals surface area contributed by atoms with Crippen molar-refractivity contribution in [3.63, 3.8) is 0 Å². The van der Waals surface area contributed by atoms with E-state index in [-0.39, 0.29) is 5.41 Å². The Morgan fingerprint density at radius 1 is 1.00 bits per heavy atom. The van der Waals surface area contributed by atoms with Gasteiger partial charge in [0, 0.05) is 23.6 Å². The molecule has 0 atom stereocenters. The molecule has 0 unspecified atom stereocenters. The molecule has 2 N–H and O–H groups in total. The summed E-state index contributed by atoms with van der Waals surface area (Å²) in [6.45, 7) is 6.63. The highest BCUT2D eigenvalue weighted by Gasteiger charge is 2.13. The number of hydrogen-bond acceptors (Lipinski definition) is 2. The third-order valence-electron chi connectivity index (χ3n) is 2.92. The predicted molar refractivity (Wildman–Crippen MR) is 72.8 cm³/mol. The molecule has 1 aromatic carbocycles. The van der Waals surface area contributed by atoms with Crippen LogP contribution in [-0.4, -0.2) is 4.98 Å². The Morgan fingerprint density at radius 2 is 1.65 bits per heavy atom. The minimum Gasteiger partial charge on any atom is -0.398 e. The third-order valence-corrected chi connectivity index (χ3v) is 2.92. The maximum Gasteiger partial charge on any atom is 0.0424 e. The van der Waals surface area contributed by atoms with E-state index in [1.807, 2.05) is 6.07 Å². The van der Waals surface area contributed by atoms with Crippen LogP contribution >= 0.6 is 0 Å². The molecule has 0 aliphatic carbocycles. The molecule has 2 heteroatoms. The van der Waals surface area contributed by atoms with E-state index in [9.17, 15) is 0 Å². The van der Waals surface area contributed by atoms with Crippen molar-refractivity contribution in [1.29, 1.82) is 0 Å². The van der Waals surface area contributed by atoms with Gasteiger partial charge in [0.05, 0.1) is 0 Å². The molecule has 1 aromatic heterocycles. The average molecular weight is 226 g/mol. The molecule has 17 heavy (non-hydrogen) atoms. The zero-order valence-corrected chi connectivity index (χ0v) is 10.6. The van der Waals surface area contributed by atoms with Crippen molar-refractivity contribution in [2.45, 2.75) is 26.2 Å². The summed E-state index contributed by atoms with van der Waals surface area (Å²) < 4.78 is 0. The van der Waals surface area contributed by atoms with Crippen molar-refractivity contribution in [2.75, 3.05) is 5.73 Å². The van der Waals surface area contributed by atoms with Gasteiger partial charge in [-0.1, -0.05) is 45.0 Å². The number of rotatable bonds is 1. The molecule has 0 saturated carbocycles. The quantitative estimate of drug-likeness (QED) is 0.806. The highest BCUT2D eigenvalue weighted by molar-refractivity contribution is 5.75. The Labute approximate surface area is 103 Å². The fourth-order valence-electron chi connectivity index (χ4n) is 1.80. The summed E-state index contributed by atoms with van der Waals surface area (Å²) in [6, 6.07) is 10.3. The van der Waals surface area contributed by atoms with Crippen molar-refractivity contribution >= 4 is 5.69 Å². The molecule has 0 saturated heterocycles. The predicted octanol–water partition coefficient (Wildman–Crippen LogP) is 3.63. The molecular weight excluding hydrogens is 208 g/mol. The topological polar surface area (TPSA) is 38.9 Å². The fraction of sp³-hybridized carbons (Fsp3) is 0.267. The van der Waals surface area contributed by atoms with Crippen LogP contribution in [0.2, 0.25) is 0 Å². The van der Waals surface area contributed by atoms with Crippen LogP contribution in [0.1, 0.15) is 26.3 Å². The van der Waals surface area contributed by atoms with Gasteiger partial charge in [-0.25, -0.2) is 0 Å². The molecular formula is C15H18N2. The molecule has 0 amide bonds. The number of pyridine rings is 1. The van der Waals surface area contributed by atoms with Gasteiger partial charge < -0.3 is 5.73 Å². The molecule has 0 aliphatic heterocycles. The van der Waals surface area contributed by atoms with Gasteiger partial charge in [-0.3, -0.25) is 4.98 Å². The van der Waals surface area contributed by atoms with E-state index in [1.54, 1.807) is 12.4 Å². The molecule has 1 heterocycles. The number of nitrogens with zero attached hydrogens (tertiary/aromatic N) is 1. The Morgan fingerprint density at radius 3 is 2.18 bits per heavy atom. The number of nitrogen functional groups attached to an aromatic ring is 1. The highest BCUT2D eigenvalue weighted by Crippen LogP contribution is 2.28. The van der Waals surface area contributed by atoms with Crippen LogP contribution < -0.4 is 5.73 Å². The first kappa shape index (κ1) is 11.6. The zero-order valence-electron chi connectivity index (χ0n) is 10.6. The smallest absolute Gasteiger partial charge is 0.0424 e. The van der Waals surface area contributed by atoms with Crippen molar-refractivity contribution < 1.29 is 0 Å². The molecule has 2 rings (SSSR count). The van der Waals surface area contributed by atoms with E-state index in [4.69, 9.17) is 5.73 Å². The number of nitrogens with two attached hydrogens (primary N) is 1. The Balaban J connectivity index is 2.40. The average Bonchev–Trinajstić information content (AvgIpc) is 2.29. The van der Waals surface area contributed by atoms with Crippen LogP contribution in [0.3, 0.4) is 0 Å². The monoisotopic (exact) mass is 226 g/mol. The van der Waals surface area contributed by atoms with E-state index in [2.05, 4.69) is 50.0 Å². The van der Waals surface area contributed by atoms with Gasteiger partial charge in [-0.15, -0.1) is 0 Å². The molecule has 2 aromatic rings. The second-order valence-electron chi connectivity index (χ2n) is 5.29. The lowest BCUT2D eigenvalue weighted by Crippen LogP contribution is -2.10. The fourth-order valence-corrected chi connectivity index (χ4v) is 1.80. The van der Waals surface area contributed by atoms with Gasteiger partial charge in [-0.05, 0) is 22.6 Å². The molecule has 0 fully saturated rings. The van der Waals surface area contributed by atoms with Crippen LogP contribution in [0.4, 0.5) is 5.69 Å². The van der Waals surface area contributed by atoms with Crippen molar-refractivity contribution in [2.24, 2.45) is 0 Å². The first-order valence-electron chi connectivity index (χ1n) is 5.79. The van der Waals surface area contributed by atoms with Crippen molar-refractivity contribution in [3.8, 4) is 11.1 Å². The summed E-state index contributed by atoms with van der Waals surface area (Å²) in [5.74, 6) is 0. The molecule has 0 aliphatic rings. The molecule has 88 valence electrons. The van der Waals surface area contributed by atoms with Crippen LogP contribution in [-0.2, 0) is 5.41 Å². The maximum atomic E-state index is 5.94. The SMILES string of the molecule is CC(C)(C)c1ccc(-c2cnccc2N)cc1. The zero-order chi connectivity index (χ0) is 12.5. The van der Waals surface area contributed by atoms with Crippen LogP contribution in [0.5, 0.6) is 0 Å². The summed E-state index contributed by atoms with van der Waals surface area (Å²) in [7, 11) is 0. The van der Waals surface area contributed by atoms with Crippen LogP contribution in [0.15, 0.2) is 42.7 Å². The minimum absolute atomic E-state index is 0.180. The highest BCUT2D eigenvalue weighted by atomic mass is 14.7. The van der Waals surface area contributed by atoms with Gasteiger partial charge in [0.1, 0.15) is 0 Å². The summed E-state index contributed by atoms with van der Waals surface area (Å²) >= 11 is 0. The lowest BCUT2D eigenvalue weighted by atomic mass is 9.86. The van der Waals surface area contributed by atoms with E-state index < -0.39 is 0 Å². The van der Waals surface area contributed by atoms with Crippen molar-refractivity contribution in [1.82, 2.24) is 4.98 Å². The van der Waals surface area contributed by atoms with Gasteiger partial charge in [0.15, 0.2) is 0 Å². The van der Waals surface area contributed by atoms with E-state index in [0.717, 1.165) is 16.8 Å². The Hall–Kier alpha value is -1.83. The van der Waals surface area contributed by atoms with Gasteiger partial charge in [0.25, 0.3) is 0 Å². The van der Waals surface area contributed by atoms with Gasteiger partial charge >= 0.3 is 0 Å². The summed E-state index contributed by atoms with van der Waals surface area (Å²) in [5.41, 5.74) is 10.3. The Bertz CT molecular complexity index is 507. The van der Waals surface area contributed by atoms with Gasteiger partial charge in [-0.2, -0.15) is 0 Å². The third kappa shape index (κ3) is 2.47. The maximum absolute atomic E-state index is 5.94. The summed E-state index contributed by atoms with van der Waals surface area (Å²) in [6.07, 6.45) is 3.52. The summed E-state index contributed by atoms with van der Waals surface area (Å²) in [4.78, 5) is 4.11. The summed E-state index contributed by atoms with van der Waals surface area (Å²) in [5, 5.41) is 0. The second-order valence-corrected chi connectivity index (χ2v) is 5.29. The second kappa shape index (κ2) is 4.21. The normalized spacial score (nSPS) is 11.5. The number of anilines is 1.